The quantitative estimate of drug-likeness (QED) is 0.804. The van der Waals surface area contributed by atoms with Crippen molar-refractivity contribution < 1.29 is 4.79 Å². The van der Waals surface area contributed by atoms with E-state index >= 15 is 0 Å². The Morgan fingerprint density at radius 3 is 2.88 bits per heavy atom. The molecular formula is C13H17ClN2O. The molecule has 1 amide bonds. The first-order chi connectivity index (χ1) is 8.12. The summed E-state index contributed by atoms with van der Waals surface area (Å²) in [4.78, 5) is 12.0. The van der Waals surface area contributed by atoms with Gasteiger partial charge in [0.05, 0.1) is 11.1 Å². The standard InChI is InChI=1S/C13H17ClN2O/c1-4-7-16-9-10(14)8-12(16)13(17)15-11(5-2)6-3/h2,8-9,11H,4,6-7H2,1,3H3,(H,15,17). The molecule has 1 atom stereocenters. The Kier molecular flexibility index (Phi) is 5.11. The van der Waals surface area contributed by atoms with Crippen LogP contribution in [-0.4, -0.2) is 16.5 Å². The largest absolute Gasteiger partial charge is 0.342 e. The summed E-state index contributed by atoms with van der Waals surface area (Å²) in [7, 11) is 0. The highest BCUT2D eigenvalue weighted by atomic mass is 35.5. The third-order valence-corrected chi connectivity index (χ3v) is 2.68. The fraction of sp³-hybridized carbons (Fsp3) is 0.462. The van der Waals surface area contributed by atoms with Crippen LogP contribution in [0.3, 0.4) is 0 Å². The first-order valence-electron chi connectivity index (χ1n) is 5.75. The van der Waals surface area contributed by atoms with E-state index < -0.39 is 0 Å². The maximum atomic E-state index is 12.0. The summed E-state index contributed by atoms with van der Waals surface area (Å²) in [6, 6.07) is 1.43. The molecule has 1 heterocycles. The van der Waals surface area contributed by atoms with Crippen molar-refractivity contribution in [1.82, 2.24) is 9.88 Å². The molecule has 0 saturated carbocycles. The highest BCUT2D eigenvalue weighted by molar-refractivity contribution is 6.31. The van der Waals surface area contributed by atoms with Gasteiger partial charge in [0.2, 0.25) is 0 Å². The van der Waals surface area contributed by atoms with Crippen LogP contribution in [0.5, 0.6) is 0 Å². The second kappa shape index (κ2) is 6.36. The molecule has 3 nitrogen and oxygen atoms in total. The summed E-state index contributed by atoms with van der Waals surface area (Å²) >= 11 is 5.91. The number of carbonyl (C=O) groups is 1. The number of hydrogen-bond acceptors (Lipinski definition) is 1. The number of halogens is 1. The zero-order valence-electron chi connectivity index (χ0n) is 10.2. The molecule has 0 aromatic carbocycles. The van der Waals surface area contributed by atoms with Gasteiger partial charge in [0.15, 0.2) is 0 Å². The lowest BCUT2D eigenvalue weighted by molar-refractivity contribution is 0.0935. The van der Waals surface area contributed by atoms with Crippen molar-refractivity contribution in [3.63, 3.8) is 0 Å². The molecular weight excluding hydrogens is 236 g/mol. The molecule has 1 aromatic heterocycles. The van der Waals surface area contributed by atoms with Crippen molar-refractivity contribution in [3.05, 3.63) is 23.0 Å². The molecule has 0 bridgehead atoms. The second-order valence-corrected chi connectivity index (χ2v) is 4.27. The van der Waals surface area contributed by atoms with Crippen LogP contribution in [0, 0.1) is 12.3 Å². The van der Waals surface area contributed by atoms with Crippen LogP contribution in [0.1, 0.15) is 37.2 Å². The molecule has 0 radical (unpaired) electrons. The lowest BCUT2D eigenvalue weighted by Crippen LogP contribution is -2.34. The zero-order chi connectivity index (χ0) is 12.8. The lowest BCUT2D eigenvalue weighted by Gasteiger charge is -2.12. The third kappa shape index (κ3) is 3.54. The molecule has 0 aliphatic carbocycles. The number of nitrogens with zero attached hydrogens (tertiary/aromatic N) is 1. The molecule has 17 heavy (non-hydrogen) atoms. The van der Waals surface area contributed by atoms with E-state index in [4.69, 9.17) is 18.0 Å². The Bertz CT molecular complexity index is 431. The summed E-state index contributed by atoms with van der Waals surface area (Å²) in [6.07, 6.45) is 8.73. The van der Waals surface area contributed by atoms with Crippen molar-refractivity contribution in [1.29, 1.82) is 0 Å². The van der Waals surface area contributed by atoms with Crippen LogP contribution in [0.15, 0.2) is 12.3 Å². The SMILES string of the molecule is C#CC(CC)NC(=O)c1cc(Cl)cn1CCC. The highest BCUT2D eigenvalue weighted by Gasteiger charge is 2.15. The van der Waals surface area contributed by atoms with E-state index in [0.29, 0.717) is 17.1 Å². The minimum absolute atomic E-state index is 0.171. The fourth-order valence-electron chi connectivity index (χ4n) is 1.58. The fourth-order valence-corrected chi connectivity index (χ4v) is 1.81. The van der Waals surface area contributed by atoms with Crippen molar-refractivity contribution in [3.8, 4) is 12.3 Å². The number of aromatic nitrogens is 1. The van der Waals surface area contributed by atoms with Crippen LogP contribution in [0.25, 0.3) is 0 Å². The minimum Gasteiger partial charge on any atom is -0.342 e. The van der Waals surface area contributed by atoms with Gasteiger partial charge in [-0.1, -0.05) is 31.4 Å². The smallest absolute Gasteiger partial charge is 0.268 e. The normalized spacial score (nSPS) is 11.9. The second-order valence-electron chi connectivity index (χ2n) is 3.84. The van der Waals surface area contributed by atoms with Gasteiger partial charge < -0.3 is 9.88 Å². The van der Waals surface area contributed by atoms with Gasteiger partial charge in [0.25, 0.3) is 5.91 Å². The average Bonchev–Trinajstić information content (AvgIpc) is 2.67. The van der Waals surface area contributed by atoms with Gasteiger partial charge in [-0.05, 0) is 18.9 Å². The Labute approximate surface area is 107 Å². The number of aryl methyl sites for hydroxylation is 1. The number of terminal acetylenes is 1. The van der Waals surface area contributed by atoms with Crippen LogP contribution in [0.4, 0.5) is 0 Å². The maximum absolute atomic E-state index is 12.0. The predicted octanol–water partition coefficient (Wildman–Crippen LogP) is 2.69. The lowest BCUT2D eigenvalue weighted by atomic mass is 10.2. The van der Waals surface area contributed by atoms with Gasteiger partial charge in [-0.2, -0.15) is 0 Å². The topological polar surface area (TPSA) is 34.0 Å². The molecule has 1 rings (SSSR count). The van der Waals surface area contributed by atoms with Crippen molar-refractivity contribution in [2.45, 2.75) is 39.3 Å². The van der Waals surface area contributed by atoms with E-state index in [2.05, 4.69) is 11.2 Å². The van der Waals surface area contributed by atoms with Gasteiger partial charge in [0, 0.05) is 12.7 Å². The number of rotatable bonds is 5. The van der Waals surface area contributed by atoms with E-state index in [1.165, 1.54) is 0 Å². The Morgan fingerprint density at radius 2 is 2.35 bits per heavy atom. The Balaban J connectivity index is 2.84. The van der Waals surface area contributed by atoms with Gasteiger partial charge in [-0.25, -0.2) is 0 Å². The molecule has 0 saturated heterocycles. The average molecular weight is 253 g/mol. The molecule has 4 heteroatoms. The molecule has 0 aliphatic rings. The molecule has 1 aromatic rings. The monoisotopic (exact) mass is 252 g/mol. The van der Waals surface area contributed by atoms with Crippen LogP contribution >= 0.6 is 11.6 Å². The Morgan fingerprint density at radius 1 is 1.65 bits per heavy atom. The van der Waals surface area contributed by atoms with E-state index in [0.717, 1.165) is 13.0 Å². The maximum Gasteiger partial charge on any atom is 0.268 e. The van der Waals surface area contributed by atoms with Crippen LogP contribution in [-0.2, 0) is 6.54 Å². The van der Waals surface area contributed by atoms with Crippen molar-refractivity contribution in [2.75, 3.05) is 0 Å². The summed E-state index contributed by atoms with van der Waals surface area (Å²) in [5.41, 5.74) is 0.561. The van der Waals surface area contributed by atoms with Crippen molar-refractivity contribution >= 4 is 17.5 Å². The summed E-state index contributed by atoms with van der Waals surface area (Å²) in [5, 5.41) is 3.36. The first-order valence-corrected chi connectivity index (χ1v) is 6.12. The van der Waals surface area contributed by atoms with E-state index in [9.17, 15) is 4.79 Å². The van der Waals surface area contributed by atoms with E-state index in [-0.39, 0.29) is 11.9 Å². The molecule has 92 valence electrons. The molecule has 1 unspecified atom stereocenters. The van der Waals surface area contributed by atoms with E-state index in [1.54, 1.807) is 12.3 Å². The van der Waals surface area contributed by atoms with Crippen LogP contribution in [0.2, 0.25) is 5.02 Å². The minimum atomic E-state index is -0.230. The van der Waals surface area contributed by atoms with E-state index in [1.807, 2.05) is 18.4 Å². The van der Waals surface area contributed by atoms with Gasteiger partial charge >= 0.3 is 0 Å². The van der Waals surface area contributed by atoms with Crippen LogP contribution < -0.4 is 5.32 Å². The van der Waals surface area contributed by atoms with Gasteiger partial charge in [-0.3, -0.25) is 4.79 Å². The number of carbonyl (C=O) groups excluding carboxylic acids is 1. The van der Waals surface area contributed by atoms with Crippen molar-refractivity contribution in [2.24, 2.45) is 0 Å². The zero-order valence-corrected chi connectivity index (χ0v) is 10.9. The summed E-state index contributed by atoms with van der Waals surface area (Å²) in [5.74, 6) is 2.37. The third-order valence-electron chi connectivity index (χ3n) is 2.48. The molecule has 0 spiro atoms. The summed E-state index contributed by atoms with van der Waals surface area (Å²) < 4.78 is 1.85. The summed E-state index contributed by atoms with van der Waals surface area (Å²) in [6.45, 7) is 4.75. The predicted molar refractivity (Wildman–Crippen MR) is 70.1 cm³/mol. The Hall–Kier alpha value is -1.40. The van der Waals surface area contributed by atoms with Gasteiger partial charge in [0.1, 0.15) is 5.69 Å². The number of amides is 1. The molecule has 0 fully saturated rings. The molecule has 1 N–H and O–H groups in total. The number of hydrogen-bond donors (Lipinski definition) is 1. The highest BCUT2D eigenvalue weighted by Crippen LogP contribution is 2.15. The first kappa shape index (κ1) is 13.7. The number of nitrogens with one attached hydrogen (secondary N) is 1. The van der Waals surface area contributed by atoms with Gasteiger partial charge in [-0.15, -0.1) is 6.42 Å². The molecule has 0 aliphatic heterocycles.